The molecule has 0 amide bonds. The topological polar surface area (TPSA) is 21.3 Å². The molecular weight excluding hydrogens is 302 g/mol. The van der Waals surface area contributed by atoms with Crippen molar-refractivity contribution in [2.24, 2.45) is 5.41 Å². The molecule has 1 N–H and O–H groups in total. The average molecular weight is 328 g/mol. The third kappa shape index (κ3) is 5.96. The van der Waals surface area contributed by atoms with Crippen molar-refractivity contribution in [1.29, 1.82) is 0 Å². The third-order valence-electron chi connectivity index (χ3n) is 3.06. The Kier molecular flexibility index (Phi) is 6.34. The number of benzene rings is 1. The molecule has 1 aromatic carbocycles. The predicted octanol–water partition coefficient (Wildman–Crippen LogP) is 4.41. The molecule has 1 rings (SSSR count). The van der Waals surface area contributed by atoms with E-state index < -0.39 is 0 Å². The second-order valence-electron chi connectivity index (χ2n) is 6.18. The molecule has 3 heteroatoms. The van der Waals surface area contributed by atoms with Crippen LogP contribution >= 0.6 is 15.9 Å². The summed E-state index contributed by atoms with van der Waals surface area (Å²) in [7, 11) is 1.73. The largest absolute Gasteiger partial charge is 0.496 e. The van der Waals surface area contributed by atoms with Crippen LogP contribution in [0.1, 0.15) is 39.7 Å². The molecular formula is C16H26BrNO. The van der Waals surface area contributed by atoms with Crippen molar-refractivity contribution in [1.82, 2.24) is 5.32 Å². The zero-order valence-electron chi connectivity index (χ0n) is 12.7. The SMILES string of the molecule is CCNC(Cc1cc(Br)ccc1OC)CC(C)(C)C. The molecule has 0 heterocycles. The number of ether oxygens (including phenoxy) is 1. The smallest absolute Gasteiger partial charge is 0.122 e. The molecule has 0 radical (unpaired) electrons. The summed E-state index contributed by atoms with van der Waals surface area (Å²) in [6, 6.07) is 6.69. The summed E-state index contributed by atoms with van der Waals surface area (Å²) in [5.74, 6) is 0.972. The Morgan fingerprint density at radius 1 is 1.32 bits per heavy atom. The summed E-state index contributed by atoms with van der Waals surface area (Å²) >= 11 is 3.54. The summed E-state index contributed by atoms with van der Waals surface area (Å²) in [4.78, 5) is 0. The van der Waals surface area contributed by atoms with Gasteiger partial charge in [0.2, 0.25) is 0 Å². The van der Waals surface area contributed by atoms with Crippen LogP contribution in [0.15, 0.2) is 22.7 Å². The minimum absolute atomic E-state index is 0.325. The fourth-order valence-corrected chi connectivity index (χ4v) is 2.83. The highest BCUT2D eigenvalue weighted by Gasteiger charge is 2.19. The Balaban J connectivity index is 2.86. The van der Waals surface area contributed by atoms with Crippen molar-refractivity contribution in [3.05, 3.63) is 28.2 Å². The van der Waals surface area contributed by atoms with E-state index in [0.717, 1.165) is 29.6 Å². The van der Waals surface area contributed by atoms with Gasteiger partial charge in [-0.15, -0.1) is 0 Å². The highest BCUT2D eigenvalue weighted by Crippen LogP contribution is 2.27. The highest BCUT2D eigenvalue weighted by molar-refractivity contribution is 9.10. The van der Waals surface area contributed by atoms with Crippen molar-refractivity contribution in [2.45, 2.75) is 46.6 Å². The molecule has 19 heavy (non-hydrogen) atoms. The Morgan fingerprint density at radius 3 is 2.53 bits per heavy atom. The molecule has 0 aliphatic rings. The van der Waals surface area contributed by atoms with E-state index in [-0.39, 0.29) is 0 Å². The predicted molar refractivity (Wildman–Crippen MR) is 85.9 cm³/mol. The molecule has 0 saturated heterocycles. The lowest BCUT2D eigenvalue weighted by Gasteiger charge is -2.27. The van der Waals surface area contributed by atoms with Gasteiger partial charge >= 0.3 is 0 Å². The number of rotatable bonds is 6. The van der Waals surface area contributed by atoms with Crippen molar-refractivity contribution < 1.29 is 4.74 Å². The van der Waals surface area contributed by atoms with Crippen LogP contribution < -0.4 is 10.1 Å². The number of nitrogens with one attached hydrogen (secondary N) is 1. The molecule has 2 nitrogen and oxygen atoms in total. The second-order valence-corrected chi connectivity index (χ2v) is 7.10. The molecule has 1 atom stereocenters. The molecule has 0 aliphatic heterocycles. The van der Waals surface area contributed by atoms with Gasteiger partial charge in [0.25, 0.3) is 0 Å². The molecule has 0 fully saturated rings. The minimum Gasteiger partial charge on any atom is -0.496 e. The quantitative estimate of drug-likeness (QED) is 0.835. The van der Waals surface area contributed by atoms with Gasteiger partial charge in [-0.2, -0.15) is 0 Å². The van der Waals surface area contributed by atoms with Gasteiger partial charge in [-0.1, -0.05) is 43.6 Å². The van der Waals surface area contributed by atoms with E-state index in [2.05, 4.69) is 55.0 Å². The molecule has 108 valence electrons. The second kappa shape index (κ2) is 7.30. The normalized spacial score (nSPS) is 13.4. The first-order chi connectivity index (χ1) is 8.85. The Bertz CT molecular complexity index is 398. The number of hydrogen-bond acceptors (Lipinski definition) is 2. The van der Waals surface area contributed by atoms with E-state index in [4.69, 9.17) is 4.74 Å². The fraction of sp³-hybridized carbons (Fsp3) is 0.625. The van der Waals surface area contributed by atoms with Crippen molar-refractivity contribution >= 4 is 15.9 Å². The lowest BCUT2D eigenvalue weighted by Crippen LogP contribution is -2.34. The molecule has 0 aliphatic carbocycles. The van der Waals surface area contributed by atoms with E-state index in [1.807, 2.05) is 12.1 Å². The maximum Gasteiger partial charge on any atom is 0.122 e. The zero-order valence-corrected chi connectivity index (χ0v) is 14.3. The Labute approximate surface area is 126 Å². The summed E-state index contributed by atoms with van der Waals surface area (Å²) in [6.45, 7) is 10.0. The number of hydrogen-bond donors (Lipinski definition) is 1. The number of likely N-dealkylation sites (N-methyl/N-ethyl adjacent to an activating group) is 1. The summed E-state index contributed by atoms with van der Waals surface area (Å²) in [6.07, 6.45) is 2.14. The average Bonchev–Trinajstić information content (AvgIpc) is 2.27. The van der Waals surface area contributed by atoms with Gasteiger partial charge in [0.05, 0.1) is 7.11 Å². The van der Waals surface area contributed by atoms with E-state index in [1.165, 1.54) is 5.56 Å². The van der Waals surface area contributed by atoms with Crippen LogP contribution in [0.3, 0.4) is 0 Å². The van der Waals surface area contributed by atoms with Gasteiger partial charge in [0, 0.05) is 10.5 Å². The first-order valence-electron chi connectivity index (χ1n) is 6.91. The maximum absolute atomic E-state index is 5.46. The van der Waals surface area contributed by atoms with Gasteiger partial charge in [0.15, 0.2) is 0 Å². The number of methoxy groups -OCH3 is 1. The third-order valence-corrected chi connectivity index (χ3v) is 3.55. The highest BCUT2D eigenvalue weighted by atomic mass is 79.9. The summed E-state index contributed by atoms with van der Waals surface area (Å²) < 4.78 is 6.57. The molecule has 0 bridgehead atoms. The van der Waals surface area contributed by atoms with Crippen LogP contribution in [0.2, 0.25) is 0 Å². The molecule has 1 aromatic rings. The zero-order chi connectivity index (χ0) is 14.5. The first-order valence-corrected chi connectivity index (χ1v) is 7.71. The van der Waals surface area contributed by atoms with Crippen LogP contribution in [-0.4, -0.2) is 19.7 Å². The number of halogens is 1. The molecule has 0 aromatic heterocycles. The molecule has 0 saturated carbocycles. The van der Waals surface area contributed by atoms with E-state index in [9.17, 15) is 0 Å². The Morgan fingerprint density at radius 2 is 2.00 bits per heavy atom. The standard InChI is InChI=1S/C16H26BrNO/c1-6-18-14(11-16(2,3)4)10-12-9-13(17)7-8-15(12)19-5/h7-9,14,18H,6,10-11H2,1-5H3. The summed E-state index contributed by atoms with van der Waals surface area (Å²) in [5.41, 5.74) is 1.58. The van der Waals surface area contributed by atoms with Crippen LogP contribution in [0.4, 0.5) is 0 Å². The van der Waals surface area contributed by atoms with Crippen molar-refractivity contribution in [3.63, 3.8) is 0 Å². The molecule has 1 unspecified atom stereocenters. The van der Waals surface area contributed by atoms with Crippen LogP contribution in [0, 0.1) is 5.41 Å². The van der Waals surface area contributed by atoms with Crippen molar-refractivity contribution in [3.8, 4) is 5.75 Å². The fourth-order valence-electron chi connectivity index (χ4n) is 2.42. The summed E-state index contributed by atoms with van der Waals surface area (Å²) in [5, 5.41) is 3.59. The van der Waals surface area contributed by atoms with Crippen LogP contribution in [0.25, 0.3) is 0 Å². The maximum atomic E-state index is 5.46. The molecule has 0 spiro atoms. The first kappa shape index (κ1) is 16.5. The lowest BCUT2D eigenvalue weighted by atomic mass is 9.85. The van der Waals surface area contributed by atoms with Crippen LogP contribution in [-0.2, 0) is 6.42 Å². The van der Waals surface area contributed by atoms with E-state index in [0.29, 0.717) is 11.5 Å². The van der Waals surface area contributed by atoms with Gasteiger partial charge in [0.1, 0.15) is 5.75 Å². The van der Waals surface area contributed by atoms with Crippen LogP contribution in [0.5, 0.6) is 5.75 Å². The van der Waals surface area contributed by atoms with E-state index >= 15 is 0 Å². The van der Waals surface area contributed by atoms with Crippen molar-refractivity contribution in [2.75, 3.05) is 13.7 Å². The monoisotopic (exact) mass is 327 g/mol. The van der Waals surface area contributed by atoms with Gasteiger partial charge < -0.3 is 10.1 Å². The Hall–Kier alpha value is -0.540. The van der Waals surface area contributed by atoms with E-state index in [1.54, 1.807) is 7.11 Å². The van der Waals surface area contributed by atoms with Gasteiger partial charge in [-0.3, -0.25) is 0 Å². The van der Waals surface area contributed by atoms with Gasteiger partial charge in [-0.05, 0) is 48.6 Å². The lowest BCUT2D eigenvalue weighted by molar-refractivity contribution is 0.307. The van der Waals surface area contributed by atoms with Gasteiger partial charge in [-0.25, -0.2) is 0 Å². The minimum atomic E-state index is 0.325.